The fourth-order valence-electron chi connectivity index (χ4n) is 3.75. The Morgan fingerprint density at radius 3 is 1.97 bits per heavy atom. The zero-order valence-corrected chi connectivity index (χ0v) is 22.2. The maximum atomic E-state index is 12.9. The van der Waals surface area contributed by atoms with Crippen LogP contribution in [-0.4, -0.2) is 86.1 Å². The summed E-state index contributed by atoms with van der Waals surface area (Å²) in [6.07, 6.45) is 1.53. The molecule has 2 aromatic carbocycles. The summed E-state index contributed by atoms with van der Waals surface area (Å²) in [5.41, 5.74) is 0.254. The Kier molecular flexibility index (Phi) is 10.1. The Bertz CT molecular complexity index is 1320. The lowest BCUT2D eigenvalue weighted by molar-refractivity contribution is 0.0951. The number of azo groups is 1. The van der Waals surface area contributed by atoms with Crippen molar-refractivity contribution in [1.82, 2.24) is 25.4 Å². The van der Waals surface area contributed by atoms with Crippen LogP contribution in [0, 0.1) is 0 Å². The summed E-state index contributed by atoms with van der Waals surface area (Å²) >= 11 is 0. The first-order valence-electron chi connectivity index (χ1n) is 12.4. The third kappa shape index (κ3) is 7.95. The van der Waals surface area contributed by atoms with Gasteiger partial charge < -0.3 is 30.5 Å². The maximum Gasteiger partial charge on any atom is 0.280 e. The number of para-hydroxylation sites is 1. The molecule has 3 rings (SSSR count). The molecule has 0 fully saturated rings. The van der Waals surface area contributed by atoms with Gasteiger partial charge in [-0.3, -0.25) is 14.4 Å². The number of aromatic hydroxyl groups is 1. The van der Waals surface area contributed by atoms with Crippen molar-refractivity contribution in [3.63, 3.8) is 0 Å². The molecule has 202 valence electrons. The molecule has 0 unspecified atom stereocenters. The monoisotopic (exact) mass is 521 g/mol. The van der Waals surface area contributed by atoms with Crippen molar-refractivity contribution in [3.8, 4) is 5.75 Å². The van der Waals surface area contributed by atoms with E-state index in [2.05, 4.69) is 25.8 Å². The number of carbonyl (C=O) groups excluding carboxylic acids is 2. The second-order valence-electron chi connectivity index (χ2n) is 9.49. The molecule has 4 N–H and O–H groups in total. The van der Waals surface area contributed by atoms with Gasteiger partial charge in [-0.2, -0.15) is 5.11 Å². The van der Waals surface area contributed by atoms with E-state index in [1.807, 2.05) is 38.0 Å². The fourth-order valence-corrected chi connectivity index (χ4v) is 3.75. The lowest BCUT2D eigenvalue weighted by Gasteiger charge is -2.12. The summed E-state index contributed by atoms with van der Waals surface area (Å²) in [4.78, 5) is 44.9. The van der Waals surface area contributed by atoms with E-state index in [0.29, 0.717) is 24.0 Å². The predicted octanol–water partition coefficient (Wildman–Crippen LogP) is 3.01. The number of nitrogens with zero attached hydrogens (tertiary/aromatic N) is 4. The first-order chi connectivity index (χ1) is 18.2. The van der Waals surface area contributed by atoms with Gasteiger partial charge in [0.05, 0.1) is 11.2 Å². The highest BCUT2D eigenvalue weighted by molar-refractivity contribution is 6.01. The molecule has 0 aliphatic carbocycles. The zero-order valence-electron chi connectivity index (χ0n) is 22.2. The number of fused-ring (bicyclic) bond motifs is 1. The Hall–Kier alpha value is -4.09. The summed E-state index contributed by atoms with van der Waals surface area (Å²) < 4.78 is 0. The van der Waals surface area contributed by atoms with E-state index in [9.17, 15) is 19.5 Å². The number of hydrogen-bond donors (Lipinski definition) is 4. The molecule has 0 radical (unpaired) electrons. The molecule has 1 aromatic heterocycles. The Morgan fingerprint density at radius 1 is 0.868 bits per heavy atom. The van der Waals surface area contributed by atoms with Crippen molar-refractivity contribution in [2.75, 3.05) is 54.4 Å². The number of pyridine rings is 1. The number of H-pyrrole nitrogens is 1. The number of hydrogen-bond acceptors (Lipinski definition) is 8. The van der Waals surface area contributed by atoms with Crippen molar-refractivity contribution in [1.29, 1.82) is 0 Å². The Balaban J connectivity index is 1.88. The average Bonchev–Trinajstić information content (AvgIpc) is 2.88. The minimum atomic E-state index is -0.612. The molecule has 0 saturated carbocycles. The van der Waals surface area contributed by atoms with Gasteiger partial charge in [0, 0.05) is 29.6 Å². The van der Waals surface area contributed by atoms with Gasteiger partial charge in [-0.1, -0.05) is 12.1 Å². The SMILES string of the molecule is CN(C)CCCNC(=O)c1cc(N=Nc2c(O)c3ccccc3[nH]c2=O)cc(C(=O)NCCCN(C)C)c1. The topological polar surface area (TPSA) is 142 Å². The standard InChI is InChI=1S/C27H35N7O4/c1-33(2)13-7-11-28-25(36)18-15-19(26(37)29-12-8-14-34(3)4)17-20(16-18)31-32-23-24(35)21-9-5-6-10-22(21)30-27(23)38/h5-6,9-10,15-17H,7-8,11-14H2,1-4H3,(H,28,36)(H,29,37)(H2,30,35,38). The van der Waals surface area contributed by atoms with E-state index in [-0.39, 0.29) is 40.1 Å². The van der Waals surface area contributed by atoms with E-state index in [1.54, 1.807) is 24.3 Å². The smallest absolute Gasteiger partial charge is 0.280 e. The number of nitrogens with one attached hydrogen (secondary N) is 3. The van der Waals surface area contributed by atoms with Crippen molar-refractivity contribution < 1.29 is 14.7 Å². The molecule has 0 aliphatic rings. The van der Waals surface area contributed by atoms with Crippen molar-refractivity contribution >= 4 is 34.1 Å². The number of benzene rings is 2. The number of carbonyl (C=O) groups is 2. The van der Waals surface area contributed by atoms with Crippen LogP contribution in [-0.2, 0) is 0 Å². The van der Waals surface area contributed by atoms with Gasteiger partial charge in [-0.15, -0.1) is 5.11 Å². The molecule has 0 bridgehead atoms. The van der Waals surface area contributed by atoms with Gasteiger partial charge in [0.2, 0.25) is 0 Å². The molecular formula is C27H35N7O4. The van der Waals surface area contributed by atoms with E-state index in [4.69, 9.17) is 0 Å². The molecular weight excluding hydrogens is 486 g/mol. The molecule has 38 heavy (non-hydrogen) atoms. The second kappa shape index (κ2) is 13.5. The van der Waals surface area contributed by atoms with Crippen LogP contribution in [0.3, 0.4) is 0 Å². The highest BCUT2D eigenvalue weighted by Gasteiger charge is 2.15. The van der Waals surface area contributed by atoms with Crippen molar-refractivity contribution in [3.05, 3.63) is 63.9 Å². The van der Waals surface area contributed by atoms with Crippen molar-refractivity contribution in [2.45, 2.75) is 12.8 Å². The first-order valence-corrected chi connectivity index (χ1v) is 12.4. The fraction of sp³-hybridized carbons (Fsp3) is 0.370. The number of aromatic nitrogens is 1. The molecule has 0 aliphatic heterocycles. The summed E-state index contributed by atoms with van der Waals surface area (Å²) in [6.45, 7) is 2.57. The lowest BCUT2D eigenvalue weighted by atomic mass is 10.1. The minimum Gasteiger partial charge on any atom is -0.505 e. The predicted molar refractivity (Wildman–Crippen MR) is 148 cm³/mol. The summed E-state index contributed by atoms with van der Waals surface area (Å²) in [6, 6.07) is 11.3. The summed E-state index contributed by atoms with van der Waals surface area (Å²) in [7, 11) is 7.83. The average molecular weight is 522 g/mol. The number of amides is 2. The zero-order chi connectivity index (χ0) is 27.7. The van der Waals surface area contributed by atoms with Gasteiger partial charge in [-0.05, 0) is 84.5 Å². The van der Waals surface area contributed by atoms with Crippen LogP contribution >= 0.6 is 0 Å². The quantitative estimate of drug-likeness (QED) is 0.213. The molecule has 3 aromatic rings. The third-order valence-corrected chi connectivity index (χ3v) is 5.71. The van der Waals surface area contributed by atoms with Crippen LogP contribution in [0.15, 0.2) is 57.5 Å². The maximum absolute atomic E-state index is 12.9. The number of rotatable bonds is 12. The molecule has 0 saturated heterocycles. The van der Waals surface area contributed by atoms with E-state index >= 15 is 0 Å². The molecule has 11 heteroatoms. The molecule has 2 amide bonds. The van der Waals surface area contributed by atoms with Crippen LogP contribution in [0.2, 0.25) is 0 Å². The van der Waals surface area contributed by atoms with E-state index in [0.717, 1.165) is 25.9 Å². The molecule has 0 spiro atoms. The van der Waals surface area contributed by atoms with Crippen LogP contribution in [0.4, 0.5) is 11.4 Å². The Labute approximate surface area is 221 Å². The molecule has 1 heterocycles. The van der Waals surface area contributed by atoms with Gasteiger partial charge in [0.15, 0.2) is 11.4 Å². The highest BCUT2D eigenvalue weighted by atomic mass is 16.3. The highest BCUT2D eigenvalue weighted by Crippen LogP contribution is 2.31. The number of aromatic amines is 1. The van der Waals surface area contributed by atoms with Crippen LogP contribution in [0.25, 0.3) is 10.9 Å². The van der Waals surface area contributed by atoms with Gasteiger partial charge in [-0.25, -0.2) is 0 Å². The second-order valence-corrected chi connectivity index (χ2v) is 9.49. The van der Waals surface area contributed by atoms with Crippen LogP contribution in [0.5, 0.6) is 5.75 Å². The molecule has 11 nitrogen and oxygen atoms in total. The molecule has 0 atom stereocenters. The van der Waals surface area contributed by atoms with Gasteiger partial charge in [0.1, 0.15) is 0 Å². The van der Waals surface area contributed by atoms with Crippen LogP contribution < -0.4 is 16.2 Å². The Morgan fingerprint density at radius 2 is 1.42 bits per heavy atom. The van der Waals surface area contributed by atoms with E-state index in [1.165, 1.54) is 18.2 Å². The summed E-state index contributed by atoms with van der Waals surface area (Å²) in [5.74, 6) is -1.01. The minimum absolute atomic E-state index is 0.191. The first kappa shape index (κ1) is 28.5. The summed E-state index contributed by atoms with van der Waals surface area (Å²) in [5, 5.41) is 24.8. The largest absolute Gasteiger partial charge is 0.505 e. The van der Waals surface area contributed by atoms with E-state index < -0.39 is 5.56 Å². The normalized spacial score (nSPS) is 11.5. The van der Waals surface area contributed by atoms with Gasteiger partial charge >= 0.3 is 0 Å². The van der Waals surface area contributed by atoms with Crippen LogP contribution in [0.1, 0.15) is 33.6 Å². The third-order valence-electron chi connectivity index (χ3n) is 5.71. The van der Waals surface area contributed by atoms with Crippen molar-refractivity contribution in [2.24, 2.45) is 10.2 Å². The lowest BCUT2D eigenvalue weighted by Crippen LogP contribution is -2.29. The van der Waals surface area contributed by atoms with Gasteiger partial charge in [0.25, 0.3) is 17.4 Å².